The highest BCUT2D eigenvalue weighted by Crippen LogP contribution is 2.40. The van der Waals surface area contributed by atoms with Crippen LogP contribution in [0.3, 0.4) is 0 Å². The van der Waals surface area contributed by atoms with Crippen LogP contribution in [0.15, 0.2) is 18.2 Å². The molecule has 1 unspecified atom stereocenters. The smallest absolute Gasteiger partial charge is 0.159 e. The van der Waals surface area contributed by atoms with Gasteiger partial charge in [0.15, 0.2) is 11.6 Å². The maximum Gasteiger partial charge on any atom is 0.159 e. The zero-order chi connectivity index (χ0) is 12.6. The number of hydrogen-bond acceptors (Lipinski definition) is 2. The first-order chi connectivity index (χ1) is 8.70. The first kappa shape index (κ1) is 12.1. The summed E-state index contributed by atoms with van der Waals surface area (Å²) in [5, 5.41) is 3.34. The fourth-order valence-corrected chi connectivity index (χ4v) is 3.02. The van der Waals surface area contributed by atoms with E-state index in [9.17, 15) is 8.78 Å². The topological polar surface area (TPSA) is 21.3 Å². The Labute approximate surface area is 105 Å². The fourth-order valence-electron chi connectivity index (χ4n) is 3.02. The summed E-state index contributed by atoms with van der Waals surface area (Å²) in [6.45, 7) is 3.31. The third-order valence-corrected chi connectivity index (χ3v) is 4.13. The molecule has 0 bridgehead atoms. The van der Waals surface area contributed by atoms with Crippen LogP contribution in [0.2, 0.25) is 0 Å². The van der Waals surface area contributed by atoms with Crippen LogP contribution in [0, 0.1) is 17.6 Å². The highest BCUT2D eigenvalue weighted by molar-refractivity contribution is 5.29. The molecule has 1 aromatic carbocycles. The minimum atomic E-state index is -0.781. The first-order valence-corrected chi connectivity index (χ1v) is 6.44. The van der Waals surface area contributed by atoms with Gasteiger partial charge in [-0.2, -0.15) is 0 Å². The molecule has 2 fully saturated rings. The van der Waals surface area contributed by atoms with Crippen molar-refractivity contribution in [2.75, 3.05) is 26.3 Å². The summed E-state index contributed by atoms with van der Waals surface area (Å²) in [5.41, 5.74) is 0.769. The van der Waals surface area contributed by atoms with Crippen LogP contribution < -0.4 is 5.32 Å². The van der Waals surface area contributed by atoms with Gasteiger partial charge >= 0.3 is 0 Å². The van der Waals surface area contributed by atoms with E-state index < -0.39 is 11.6 Å². The molecule has 18 heavy (non-hydrogen) atoms. The van der Waals surface area contributed by atoms with Gasteiger partial charge in [-0.05, 0) is 49.5 Å². The van der Waals surface area contributed by atoms with Crippen molar-refractivity contribution in [2.24, 2.45) is 5.92 Å². The monoisotopic (exact) mass is 253 g/mol. The van der Waals surface area contributed by atoms with Gasteiger partial charge < -0.3 is 10.1 Å². The molecule has 0 aromatic heterocycles. The van der Waals surface area contributed by atoms with Crippen molar-refractivity contribution in [3.63, 3.8) is 0 Å². The molecule has 0 spiro atoms. The molecule has 98 valence electrons. The van der Waals surface area contributed by atoms with Crippen molar-refractivity contribution in [1.29, 1.82) is 0 Å². The highest BCUT2D eigenvalue weighted by atomic mass is 19.2. The van der Waals surface area contributed by atoms with Crippen molar-refractivity contribution in [3.05, 3.63) is 35.4 Å². The Kier molecular flexibility index (Phi) is 3.08. The van der Waals surface area contributed by atoms with Gasteiger partial charge in [0.1, 0.15) is 0 Å². The predicted molar refractivity (Wildman–Crippen MR) is 64.4 cm³/mol. The van der Waals surface area contributed by atoms with Crippen molar-refractivity contribution >= 4 is 0 Å². The average molecular weight is 253 g/mol. The third-order valence-electron chi connectivity index (χ3n) is 4.13. The molecule has 2 aliphatic rings. The molecular weight excluding hydrogens is 236 g/mol. The molecule has 1 aromatic rings. The summed E-state index contributed by atoms with van der Waals surface area (Å²) in [5.74, 6) is -0.929. The first-order valence-electron chi connectivity index (χ1n) is 6.44. The molecule has 0 radical (unpaired) electrons. The molecule has 0 saturated carbocycles. The standard InChI is InChI=1S/C14H17F2NO/c15-12-2-1-11(5-13(12)16)14(8-18-9-14)6-10-3-4-17-7-10/h1-2,5,10,17H,3-4,6-9H2. The van der Waals surface area contributed by atoms with Gasteiger partial charge in [0, 0.05) is 5.41 Å². The summed E-state index contributed by atoms with van der Waals surface area (Å²) in [4.78, 5) is 0. The van der Waals surface area contributed by atoms with E-state index >= 15 is 0 Å². The second kappa shape index (κ2) is 4.59. The maximum absolute atomic E-state index is 13.4. The Balaban J connectivity index is 1.83. The second-order valence-corrected chi connectivity index (χ2v) is 5.46. The molecule has 1 N–H and O–H groups in total. The molecular formula is C14H17F2NO. The molecule has 1 atom stereocenters. The Morgan fingerprint density at radius 1 is 1.28 bits per heavy atom. The quantitative estimate of drug-likeness (QED) is 0.892. The molecule has 3 rings (SSSR count). The van der Waals surface area contributed by atoms with E-state index in [0.29, 0.717) is 19.1 Å². The number of ether oxygens (including phenoxy) is 1. The van der Waals surface area contributed by atoms with Crippen LogP contribution in [0.25, 0.3) is 0 Å². The van der Waals surface area contributed by atoms with E-state index in [0.717, 1.165) is 31.5 Å². The molecule has 2 nitrogen and oxygen atoms in total. The summed E-state index contributed by atoms with van der Waals surface area (Å²) in [6.07, 6.45) is 2.15. The second-order valence-electron chi connectivity index (χ2n) is 5.46. The zero-order valence-electron chi connectivity index (χ0n) is 10.2. The van der Waals surface area contributed by atoms with Crippen LogP contribution in [-0.2, 0) is 10.2 Å². The van der Waals surface area contributed by atoms with Gasteiger partial charge in [-0.1, -0.05) is 6.07 Å². The number of hydrogen-bond donors (Lipinski definition) is 1. The minimum Gasteiger partial charge on any atom is -0.379 e. The van der Waals surface area contributed by atoms with Crippen molar-refractivity contribution < 1.29 is 13.5 Å². The van der Waals surface area contributed by atoms with E-state index in [1.807, 2.05) is 0 Å². The van der Waals surface area contributed by atoms with Crippen LogP contribution in [0.5, 0.6) is 0 Å². The van der Waals surface area contributed by atoms with E-state index in [-0.39, 0.29) is 5.41 Å². The minimum absolute atomic E-state index is 0.106. The van der Waals surface area contributed by atoms with Crippen LogP contribution in [0.1, 0.15) is 18.4 Å². The van der Waals surface area contributed by atoms with Crippen LogP contribution in [-0.4, -0.2) is 26.3 Å². The van der Waals surface area contributed by atoms with Gasteiger partial charge in [-0.3, -0.25) is 0 Å². The maximum atomic E-state index is 13.4. The zero-order valence-corrected chi connectivity index (χ0v) is 10.2. The molecule has 4 heteroatoms. The summed E-state index contributed by atoms with van der Waals surface area (Å²) in [6, 6.07) is 4.25. The molecule has 0 amide bonds. The lowest BCUT2D eigenvalue weighted by molar-refractivity contribution is -0.0707. The third kappa shape index (κ3) is 2.04. The van der Waals surface area contributed by atoms with Crippen LogP contribution >= 0.6 is 0 Å². The highest BCUT2D eigenvalue weighted by Gasteiger charge is 2.42. The number of rotatable bonds is 3. The summed E-state index contributed by atoms with van der Waals surface area (Å²) >= 11 is 0. The fraction of sp³-hybridized carbons (Fsp3) is 0.571. The average Bonchev–Trinajstić information content (AvgIpc) is 2.80. The number of benzene rings is 1. The van der Waals surface area contributed by atoms with Gasteiger partial charge in [-0.25, -0.2) is 8.78 Å². The normalized spacial score (nSPS) is 26.0. The van der Waals surface area contributed by atoms with Crippen LogP contribution in [0.4, 0.5) is 8.78 Å². The summed E-state index contributed by atoms with van der Waals surface area (Å²) < 4.78 is 31.7. The lowest BCUT2D eigenvalue weighted by Crippen LogP contribution is -2.48. The van der Waals surface area contributed by atoms with Crippen molar-refractivity contribution in [1.82, 2.24) is 5.32 Å². The Hall–Kier alpha value is -1.00. The van der Waals surface area contributed by atoms with Gasteiger partial charge in [0.2, 0.25) is 0 Å². The van der Waals surface area contributed by atoms with E-state index in [4.69, 9.17) is 4.74 Å². The van der Waals surface area contributed by atoms with Crippen molar-refractivity contribution in [2.45, 2.75) is 18.3 Å². The van der Waals surface area contributed by atoms with E-state index in [2.05, 4.69) is 5.32 Å². The van der Waals surface area contributed by atoms with Gasteiger partial charge in [0.05, 0.1) is 13.2 Å². The molecule has 2 aliphatic heterocycles. The SMILES string of the molecule is Fc1ccc(C2(CC3CCNC3)COC2)cc1F. The molecule has 2 heterocycles. The molecule has 2 saturated heterocycles. The van der Waals surface area contributed by atoms with Crippen molar-refractivity contribution in [3.8, 4) is 0 Å². The Morgan fingerprint density at radius 2 is 2.11 bits per heavy atom. The van der Waals surface area contributed by atoms with Gasteiger partial charge in [-0.15, -0.1) is 0 Å². The van der Waals surface area contributed by atoms with E-state index in [1.54, 1.807) is 6.07 Å². The Bertz CT molecular complexity index is 439. The largest absolute Gasteiger partial charge is 0.379 e. The number of nitrogens with one attached hydrogen (secondary N) is 1. The lowest BCUT2D eigenvalue weighted by Gasteiger charge is -2.43. The predicted octanol–water partition coefficient (Wildman–Crippen LogP) is 2.23. The van der Waals surface area contributed by atoms with E-state index in [1.165, 1.54) is 12.1 Å². The lowest BCUT2D eigenvalue weighted by atomic mass is 9.72. The van der Waals surface area contributed by atoms with Gasteiger partial charge in [0.25, 0.3) is 0 Å². The number of halogens is 2. The Morgan fingerprint density at radius 3 is 2.67 bits per heavy atom. The summed E-state index contributed by atoms with van der Waals surface area (Å²) in [7, 11) is 0. The molecule has 0 aliphatic carbocycles.